The SMILES string of the molecule is CC(=O)c1ccc2ccccc2c1C(=O)[C@@H]1CN(C)[C@]2(C(=O)Nc3ccccc32)[C@@]12C(=O)c1cccc3cccc2c13. The van der Waals surface area contributed by atoms with Crippen molar-refractivity contribution < 1.29 is 19.2 Å². The summed E-state index contributed by atoms with van der Waals surface area (Å²) in [7, 11) is 1.82. The van der Waals surface area contributed by atoms with E-state index < -0.39 is 16.9 Å². The van der Waals surface area contributed by atoms with Gasteiger partial charge in [0.15, 0.2) is 17.3 Å². The number of nitrogens with one attached hydrogen (secondary N) is 1. The fourth-order valence-corrected chi connectivity index (χ4v) is 8.30. The van der Waals surface area contributed by atoms with E-state index in [2.05, 4.69) is 5.32 Å². The van der Waals surface area contributed by atoms with Crippen molar-refractivity contribution in [2.45, 2.75) is 17.9 Å². The Hall–Kier alpha value is -4.94. The van der Waals surface area contributed by atoms with Crippen LogP contribution in [-0.4, -0.2) is 41.7 Å². The van der Waals surface area contributed by atoms with Crippen LogP contribution in [-0.2, 0) is 15.7 Å². The van der Waals surface area contributed by atoms with Crippen molar-refractivity contribution in [3.8, 4) is 0 Å². The molecule has 1 fully saturated rings. The fourth-order valence-electron chi connectivity index (χ4n) is 8.30. The number of para-hydroxylation sites is 1. The molecule has 3 atom stereocenters. The molecule has 2 spiro atoms. The molecule has 2 heterocycles. The Morgan fingerprint density at radius 2 is 1.50 bits per heavy atom. The van der Waals surface area contributed by atoms with Crippen molar-refractivity contribution >= 4 is 50.5 Å². The number of hydrogen-bond donors (Lipinski definition) is 1. The molecule has 8 rings (SSSR count). The van der Waals surface area contributed by atoms with Crippen LogP contribution in [0.25, 0.3) is 21.5 Å². The van der Waals surface area contributed by atoms with Gasteiger partial charge >= 0.3 is 0 Å². The van der Waals surface area contributed by atoms with Gasteiger partial charge in [0.25, 0.3) is 5.91 Å². The number of anilines is 1. The summed E-state index contributed by atoms with van der Waals surface area (Å²) in [6, 6.07) is 29.8. The maximum Gasteiger partial charge on any atom is 0.251 e. The molecule has 204 valence electrons. The van der Waals surface area contributed by atoms with E-state index in [0.717, 1.165) is 16.2 Å². The molecule has 5 aromatic carbocycles. The molecule has 3 aliphatic rings. The molecule has 0 radical (unpaired) electrons. The molecule has 1 N–H and O–H groups in total. The monoisotopic (exact) mass is 550 g/mol. The first kappa shape index (κ1) is 24.8. The molecule has 0 unspecified atom stereocenters. The number of carbonyl (C=O) groups excluding carboxylic acids is 4. The van der Waals surface area contributed by atoms with Crippen LogP contribution < -0.4 is 5.32 Å². The number of benzene rings is 5. The molecule has 6 nitrogen and oxygen atoms in total. The normalized spacial score (nSPS) is 24.2. The lowest BCUT2D eigenvalue weighted by Gasteiger charge is -2.44. The van der Waals surface area contributed by atoms with Crippen LogP contribution in [0.4, 0.5) is 5.69 Å². The van der Waals surface area contributed by atoms with Crippen molar-refractivity contribution in [3.63, 3.8) is 0 Å². The lowest BCUT2D eigenvalue weighted by molar-refractivity contribution is -0.127. The fraction of sp³-hybridized carbons (Fsp3) is 0.167. The smallest absolute Gasteiger partial charge is 0.251 e. The van der Waals surface area contributed by atoms with Gasteiger partial charge in [-0.25, -0.2) is 0 Å². The van der Waals surface area contributed by atoms with E-state index in [1.165, 1.54) is 6.92 Å². The number of carbonyl (C=O) groups is 4. The van der Waals surface area contributed by atoms with E-state index in [0.29, 0.717) is 38.9 Å². The van der Waals surface area contributed by atoms with Crippen LogP contribution in [0.1, 0.15) is 49.1 Å². The molecule has 5 aromatic rings. The number of likely N-dealkylation sites (N-methyl/N-ethyl adjacent to an activating group) is 1. The third kappa shape index (κ3) is 2.69. The van der Waals surface area contributed by atoms with Crippen molar-refractivity contribution in [2.75, 3.05) is 18.9 Å². The minimum absolute atomic E-state index is 0.150. The second kappa shape index (κ2) is 8.30. The Balaban J connectivity index is 1.50. The summed E-state index contributed by atoms with van der Waals surface area (Å²) in [4.78, 5) is 59.7. The molecule has 0 bridgehead atoms. The second-order valence-electron chi connectivity index (χ2n) is 11.6. The Bertz CT molecular complexity index is 2080. The number of fused-ring (bicyclic) bond motifs is 5. The first-order chi connectivity index (χ1) is 20.3. The maximum absolute atomic E-state index is 15.2. The van der Waals surface area contributed by atoms with Gasteiger partial charge in [-0.15, -0.1) is 0 Å². The number of amides is 1. The van der Waals surface area contributed by atoms with Crippen molar-refractivity contribution in [3.05, 3.63) is 125 Å². The third-order valence-electron chi connectivity index (χ3n) is 9.82. The summed E-state index contributed by atoms with van der Waals surface area (Å²) in [6.45, 7) is 1.61. The Labute approximate surface area is 241 Å². The Kier molecular flexibility index (Phi) is 4.91. The van der Waals surface area contributed by atoms with Crippen LogP contribution in [0, 0.1) is 5.92 Å². The molecule has 42 heavy (non-hydrogen) atoms. The quantitative estimate of drug-likeness (QED) is 0.282. The van der Waals surface area contributed by atoms with Crippen LogP contribution in [0.3, 0.4) is 0 Å². The highest BCUT2D eigenvalue weighted by atomic mass is 16.2. The zero-order chi connectivity index (χ0) is 29.0. The standard InChI is InChI=1S/C36H26N2O4/c1-20(39)23-18-17-21-9-3-4-12-24(21)31(23)32(40)28-19-38(2)36(26-14-5-6-16-29(26)37-34(36)42)35(28)27-15-8-11-22-10-7-13-25(30(22)27)33(35)41/h3-18,28H,19H2,1-2H3,(H,37,42)/t28-,35+,36+/m0/s1. The highest BCUT2D eigenvalue weighted by Gasteiger charge is 2.77. The molecule has 1 saturated heterocycles. The van der Waals surface area contributed by atoms with E-state index >= 15 is 9.59 Å². The average Bonchev–Trinajstić information content (AvgIpc) is 3.56. The van der Waals surface area contributed by atoms with Gasteiger partial charge in [-0.2, -0.15) is 0 Å². The highest BCUT2D eigenvalue weighted by molar-refractivity contribution is 6.29. The number of rotatable bonds is 3. The van der Waals surface area contributed by atoms with Crippen LogP contribution in [0.2, 0.25) is 0 Å². The Morgan fingerprint density at radius 3 is 2.31 bits per heavy atom. The van der Waals surface area contributed by atoms with Crippen molar-refractivity contribution in [1.82, 2.24) is 4.90 Å². The Morgan fingerprint density at radius 1 is 0.810 bits per heavy atom. The lowest BCUT2D eigenvalue weighted by atomic mass is 9.57. The maximum atomic E-state index is 15.2. The summed E-state index contributed by atoms with van der Waals surface area (Å²) in [5.74, 6) is -2.06. The molecule has 1 aliphatic carbocycles. The molecule has 0 saturated carbocycles. The van der Waals surface area contributed by atoms with Crippen LogP contribution >= 0.6 is 0 Å². The second-order valence-corrected chi connectivity index (χ2v) is 11.6. The molecule has 1 amide bonds. The predicted octanol–water partition coefficient (Wildman–Crippen LogP) is 5.92. The lowest BCUT2D eigenvalue weighted by Crippen LogP contribution is -2.61. The number of nitrogens with zero attached hydrogens (tertiary/aromatic N) is 1. The van der Waals surface area contributed by atoms with E-state index in [1.54, 1.807) is 12.1 Å². The molecular weight excluding hydrogens is 524 g/mol. The topological polar surface area (TPSA) is 83.6 Å². The number of Topliss-reactive ketones (excluding diaryl/α,β-unsaturated/α-hetero) is 3. The minimum atomic E-state index is -1.57. The molecule has 2 aliphatic heterocycles. The average molecular weight is 551 g/mol. The van der Waals surface area contributed by atoms with Crippen molar-refractivity contribution in [2.24, 2.45) is 5.92 Å². The van der Waals surface area contributed by atoms with Gasteiger partial charge in [-0.1, -0.05) is 91.0 Å². The van der Waals surface area contributed by atoms with E-state index in [9.17, 15) is 9.59 Å². The first-order valence-electron chi connectivity index (χ1n) is 14.1. The molecule has 0 aromatic heterocycles. The summed E-state index contributed by atoms with van der Waals surface area (Å²) in [5.41, 5.74) is 0.0760. The highest BCUT2D eigenvalue weighted by Crippen LogP contribution is 2.65. The number of ketones is 3. The van der Waals surface area contributed by atoms with Crippen LogP contribution in [0.15, 0.2) is 97.1 Å². The summed E-state index contributed by atoms with van der Waals surface area (Å²) < 4.78 is 0. The molecule has 6 heteroatoms. The minimum Gasteiger partial charge on any atom is -0.324 e. The summed E-state index contributed by atoms with van der Waals surface area (Å²) in [5, 5.41) is 6.20. The van der Waals surface area contributed by atoms with E-state index in [-0.39, 0.29) is 29.8 Å². The zero-order valence-corrected chi connectivity index (χ0v) is 23.1. The predicted molar refractivity (Wildman–Crippen MR) is 161 cm³/mol. The van der Waals surface area contributed by atoms with E-state index in [1.807, 2.05) is 96.9 Å². The van der Waals surface area contributed by atoms with Gasteiger partial charge in [0.1, 0.15) is 11.0 Å². The third-order valence-corrected chi connectivity index (χ3v) is 9.82. The number of likely N-dealkylation sites (tertiary alicyclic amines) is 1. The van der Waals surface area contributed by atoms with Gasteiger partial charge < -0.3 is 5.32 Å². The van der Waals surface area contributed by atoms with Gasteiger partial charge in [-0.05, 0) is 47.1 Å². The van der Waals surface area contributed by atoms with Crippen LogP contribution in [0.5, 0.6) is 0 Å². The van der Waals surface area contributed by atoms with Crippen molar-refractivity contribution in [1.29, 1.82) is 0 Å². The zero-order valence-electron chi connectivity index (χ0n) is 23.1. The molecular formula is C36H26N2O4. The number of hydrogen-bond acceptors (Lipinski definition) is 5. The first-order valence-corrected chi connectivity index (χ1v) is 14.1. The van der Waals surface area contributed by atoms with Gasteiger partial charge in [0.2, 0.25) is 0 Å². The summed E-state index contributed by atoms with van der Waals surface area (Å²) in [6.07, 6.45) is 0. The van der Waals surface area contributed by atoms with Gasteiger partial charge in [-0.3, -0.25) is 24.1 Å². The largest absolute Gasteiger partial charge is 0.324 e. The van der Waals surface area contributed by atoms with Gasteiger partial charge in [0, 0.05) is 34.5 Å². The van der Waals surface area contributed by atoms with E-state index in [4.69, 9.17) is 0 Å². The van der Waals surface area contributed by atoms with Gasteiger partial charge in [0.05, 0.1) is 5.92 Å². The summed E-state index contributed by atoms with van der Waals surface area (Å²) >= 11 is 0.